The molecule has 0 spiro atoms. The largest absolute Gasteiger partial charge is 0.496 e. The van der Waals surface area contributed by atoms with E-state index in [0.717, 1.165) is 5.56 Å². The molecule has 7 heteroatoms. The molecule has 2 N–H and O–H groups in total. The van der Waals surface area contributed by atoms with Gasteiger partial charge in [0, 0.05) is 45.4 Å². The van der Waals surface area contributed by atoms with Crippen LogP contribution in [0.5, 0.6) is 5.75 Å². The molecule has 128 valence electrons. The normalized spacial score (nSPS) is 17.1. The molecule has 1 saturated heterocycles. The van der Waals surface area contributed by atoms with Crippen LogP contribution in [0.15, 0.2) is 18.2 Å². The zero-order valence-corrected chi connectivity index (χ0v) is 13.6. The van der Waals surface area contributed by atoms with Crippen molar-refractivity contribution in [2.75, 3.05) is 47.0 Å². The Hall–Kier alpha value is -1.70. The fraction of sp³-hybridized carbons (Fsp3) is 0.562. The van der Waals surface area contributed by atoms with Crippen LogP contribution in [0.1, 0.15) is 5.56 Å². The molecule has 0 saturated carbocycles. The lowest BCUT2D eigenvalue weighted by atomic mass is 10.1. The number of ether oxygens (including phenoxy) is 2. The van der Waals surface area contributed by atoms with Gasteiger partial charge in [-0.3, -0.25) is 9.69 Å². The molecule has 0 aliphatic carbocycles. The monoisotopic (exact) mass is 325 g/mol. The molecule has 0 bridgehead atoms. The average Bonchev–Trinajstić information content (AvgIpc) is 2.55. The molecule has 1 aromatic carbocycles. The SMILES string of the molecule is COCC(N)C(=O)N1CCN(Cc2cc(F)ccc2OC)CC1. The van der Waals surface area contributed by atoms with Gasteiger partial charge in [0.25, 0.3) is 0 Å². The van der Waals surface area contributed by atoms with E-state index in [1.807, 2.05) is 0 Å². The van der Waals surface area contributed by atoms with Gasteiger partial charge < -0.3 is 20.1 Å². The van der Waals surface area contributed by atoms with Crippen molar-refractivity contribution in [3.05, 3.63) is 29.6 Å². The average molecular weight is 325 g/mol. The summed E-state index contributed by atoms with van der Waals surface area (Å²) < 4.78 is 23.6. The quantitative estimate of drug-likeness (QED) is 0.823. The maximum Gasteiger partial charge on any atom is 0.241 e. The lowest BCUT2D eigenvalue weighted by Crippen LogP contribution is -2.53. The van der Waals surface area contributed by atoms with Gasteiger partial charge in [-0.2, -0.15) is 0 Å². The number of methoxy groups -OCH3 is 2. The molecule has 1 unspecified atom stereocenters. The number of halogens is 1. The smallest absolute Gasteiger partial charge is 0.241 e. The second-order valence-corrected chi connectivity index (χ2v) is 5.62. The molecule has 1 aliphatic rings. The van der Waals surface area contributed by atoms with E-state index in [2.05, 4.69) is 4.90 Å². The highest BCUT2D eigenvalue weighted by molar-refractivity contribution is 5.81. The number of hydrogen-bond donors (Lipinski definition) is 1. The number of benzene rings is 1. The van der Waals surface area contributed by atoms with Gasteiger partial charge in [0.1, 0.15) is 17.6 Å². The van der Waals surface area contributed by atoms with Crippen LogP contribution in [0, 0.1) is 5.82 Å². The van der Waals surface area contributed by atoms with Gasteiger partial charge in [-0.1, -0.05) is 0 Å². The van der Waals surface area contributed by atoms with Crippen molar-refractivity contribution >= 4 is 5.91 Å². The molecule has 1 atom stereocenters. The Morgan fingerprint density at radius 1 is 1.30 bits per heavy atom. The minimum atomic E-state index is -0.616. The molecule has 0 radical (unpaired) electrons. The molecule has 23 heavy (non-hydrogen) atoms. The van der Waals surface area contributed by atoms with E-state index in [1.54, 1.807) is 18.1 Å². The summed E-state index contributed by atoms with van der Waals surface area (Å²) in [4.78, 5) is 16.1. The van der Waals surface area contributed by atoms with E-state index in [4.69, 9.17) is 15.2 Å². The molecular weight excluding hydrogens is 301 g/mol. The second kappa shape index (κ2) is 8.24. The summed E-state index contributed by atoms with van der Waals surface area (Å²) in [6.07, 6.45) is 0. The molecule has 1 aromatic rings. The number of carbonyl (C=O) groups is 1. The number of rotatable bonds is 6. The van der Waals surface area contributed by atoms with E-state index in [1.165, 1.54) is 19.2 Å². The third kappa shape index (κ3) is 4.63. The molecular formula is C16H24FN3O3. The summed E-state index contributed by atoms with van der Waals surface area (Å²) in [5.74, 6) is 0.307. The van der Waals surface area contributed by atoms with Gasteiger partial charge in [0.05, 0.1) is 13.7 Å². The van der Waals surface area contributed by atoms with Gasteiger partial charge in [0.2, 0.25) is 5.91 Å². The van der Waals surface area contributed by atoms with Gasteiger partial charge in [0.15, 0.2) is 0 Å². The van der Waals surface area contributed by atoms with Crippen molar-refractivity contribution in [3.8, 4) is 5.75 Å². The minimum Gasteiger partial charge on any atom is -0.496 e. The van der Waals surface area contributed by atoms with E-state index in [0.29, 0.717) is 38.5 Å². The first-order valence-electron chi connectivity index (χ1n) is 7.63. The van der Waals surface area contributed by atoms with Gasteiger partial charge in [-0.15, -0.1) is 0 Å². The van der Waals surface area contributed by atoms with E-state index >= 15 is 0 Å². The third-order valence-corrected chi connectivity index (χ3v) is 3.98. The number of carbonyl (C=O) groups excluding carboxylic acids is 1. The Bertz CT molecular complexity index is 533. The Morgan fingerprint density at radius 2 is 2.00 bits per heavy atom. The van der Waals surface area contributed by atoms with Crippen molar-refractivity contribution in [2.45, 2.75) is 12.6 Å². The highest BCUT2D eigenvalue weighted by Gasteiger charge is 2.25. The van der Waals surface area contributed by atoms with Crippen molar-refractivity contribution in [2.24, 2.45) is 5.73 Å². The Kier molecular flexibility index (Phi) is 6.32. The van der Waals surface area contributed by atoms with Crippen LogP contribution in [0.4, 0.5) is 4.39 Å². The molecule has 0 aromatic heterocycles. The maximum absolute atomic E-state index is 13.4. The number of hydrogen-bond acceptors (Lipinski definition) is 5. The summed E-state index contributed by atoms with van der Waals surface area (Å²) >= 11 is 0. The number of nitrogens with two attached hydrogens (primary N) is 1. The Labute approximate surface area is 135 Å². The fourth-order valence-corrected chi connectivity index (χ4v) is 2.72. The zero-order chi connectivity index (χ0) is 16.8. The summed E-state index contributed by atoms with van der Waals surface area (Å²) in [7, 11) is 3.10. The van der Waals surface area contributed by atoms with Crippen LogP contribution in [0.25, 0.3) is 0 Å². The van der Waals surface area contributed by atoms with Crippen molar-refractivity contribution in [3.63, 3.8) is 0 Å². The van der Waals surface area contributed by atoms with E-state index < -0.39 is 6.04 Å². The molecule has 1 amide bonds. The van der Waals surface area contributed by atoms with Crippen molar-refractivity contribution in [1.29, 1.82) is 0 Å². The minimum absolute atomic E-state index is 0.0881. The first-order chi connectivity index (χ1) is 11.0. The molecule has 1 fully saturated rings. The molecule has 1 aliphatic heterocycles. The van der Waals surface area contributed by atoms with Gasteiger partial charge >= 0.3 is 0 Å². The van der Waals surface area contributed by atoms with Crippen LogP contribution < -0.4 is 10.5 Å². The first kappa shape index (κ1) is 17.7. The second-order valence-electron chi connectivity index (χ2n) is 5.62. The highest BCUT2D eigenvalue weighted by atomic mass is 19.1. The fourth-order valence-electron chi connectivity index (χ4n) is 2.72. The predicted molar refractivity (Wildman–Crippen MR) is 84.7 cm³/mol. The first-order valence-corrected chi connectivity index (χ1v) is 7.63. The number of piperazine rings is 1. The van der Waals surface area contributed by atoms with Gasteiger partial charge in [-0.25, -0.2) is 4.39 Å². The molecule has 6 nitrogen and oxygen atoms in total. The summed E-state index contributed by atoms with van der Waals surface area (Å²) in [6.45, 7) is 3.45. The van der Waals surface area contributed by atoms with Crippen LogP contribution in [0.3, 0.4) is 0 Å². The van der Waals surface area contributed by atoms with Crippen LogP contribution in [-0.4, -0.2) is 68.8 Å². The zero-order valence-electron chi connectivity index (χ0n) is 13.6. The van der Waals surface area contributed by atoms with Crippen LogP contribution in [-0.2, 0) is 16.1 Å². The lowest BCUT2D eigenvalue weighted by Gasteiger charge is -2.36. The third-order valence-electron chi connectivity index (χ3n) is 3.98. The number of amides is 1. The van der Waals surface area contributed by atoms with Crippen molar-refractivity contribution < 1.29 is 18.7 Å². The molecule has 2 rings (SSSR count). The summed E-state index contributed by atoms with van der Waals surface area (Å²) in [5, 5.41) is 0. The lowest BCUT2D eigenvalue weighted by molar-refractivity contribution is -0.135. The maximum atomic E-state index is 13.4. The standard InChI is InChI=1S/C16H24FN3O3/c1-22-11-14(18)16(21)20-7-5-19(6-8-20)10-12-9-13(17)3-4-15(12)23-2/h3-4,9,14H,5-8,10-11,18H2,1-2H3. The Morgan fingerprint density at radius 3 is 2.61 bits per heavy atom. The van der Waals surface area contributed by atoms with E-state index in [9.17, 15) is 9.18 Å². The number of nitrogens with zero attached hydrogens (tertiary/aromatic N) is 2. The van der Waals surface area contributed by atoms with Crippen molar-refractivity contribution in [1.82, 2.24) is 9.80 Å². The predicted octanol–water partition coefficient (Wildman–Crippen LogP) is 0.452. The van der Waals surface area contributed by atoms with Crippen LogP contribution >= 0.6 is 0 Å². The highest BCUT2D eigenvalue weighted by Crippen LogP contribution is 2.21. The van der Waals surface area contributed by atoms with Crippen LogP contribution in [0.2, 0.25) is 0 Å². The van der Waals surface area contributed by atoms with E-state index in [-0.39, 0.29) is 18.3 Å². The molecule has 1 heterocycles. The topological polar surface area (TPSA) is 68.0 Å². The Balaban J connectivity index is 1.90. The summed E-state index contributed by atoms with van der Waals surface area (Å²) in [6, 6.07) is 3.89. The summed E-state index contributed by atoms with van der Waals surface area (Å²) in [5.41, 5.74) is 6.59. The van der Waals surface area contributed by atoms with Gasteiger partial charge in [-0.05, 0) is 18.2 Å².